The summed E-state index contributed by atoms with van der Waals surface area (Å²) in [5.41, 5.74) is -0.251. The molecule has 0 saturated heterocycles. The summed E-state index contributed by atoms with van der Waals surface area (Å²) in [7, 11) is 0. The van der Waals surface area contributed by atoms with Crippen molar-refractivity contribution in [3.63, 3.8) is 0 Å². The number of aliphatic hydroxyl groups is 1. The van der Waals surface area contributed by atoms with Gasteiger partial charge in [-0.15, -0.1) is 0 Å². The predicted octanol–water partition coefficient (Wildman–Crippen LogP) is 3.91. The van der Waals surface area contributed by atoms with Crippen LogP contribution in [0.1, 0.15) is 78.6 Å². The molecule has 5 heteroatoms. The van der Waals surface area contributed by atoms with E-state index in [0.29, 0.717) is 24.2 Å². The average molecular weight is 407 g/mol. The van der Waals surface area contributed by atoms with Crippen LogP contribution in [-0.2, 0) is 19.1 Å². The van der Waals surface area contributed by atoms with Gasteiger partial charge in [0.25, 0.3) is 0 Å². The highest BCUT2D eigenvalue weighted by Gasteiger charge is 2.68. The molecule has 164 valence electrons. The fourth-order valence-corrected chi connectivity index (χ4v) is 8.27. The lowest BCUT2D eigenvalue weighted by molar-refractivity contribution is -0.188. The molecule has 29 heavy (non-hydrogen) atoms. The van der Waals surface area contributed by atoms with Gasteiger partial charge in [-0.05, 0) is 74.5 Å². The number of hydrogen-bond donors (Lipinski definition) is 1. The monoisotopic (exact) mass is 406 g/mol. The van der Waals surface area contributed by atoms with Gasteiger partial charge < -0.3 is 14.6 Å². The van der Waals surface area contributed by atoms with Crippen molar-refractivity contribution >= 4 is 11.8 Å². The topological polar surface area (TPSA) is 72.8 Å². The number of fused-ring (bicyclic) bond motifs is 3. The summed E-state index contributed by atoms with van der Waals surface area (Å²) in [4.78, 5) is 26.0. The Morgan fingerprint density at radius 3 is 2.55 bits per heavy atom. The van der Waals surface area contributed by atoms with Gasteiger partial charge in [0.15, 0.2) is 0 Å². The highest BCUT2D eigenvalue weighted by Crippen LogP contribution is 2.73. The minimum Gasteiger partial charge on any atom is -0.463 e. The lowest BCUT2D eigenvalue weighted by Crippen LogP contribution is -2.58. The molecule has 5 nitrogen and oxygen atoms in total. The van der Waals surface area contributed by atoms with Gasteiger partial charge in [0.1, 0.15) is 12.4 Å². The van der Waals surface area contributed by atoms with Crippen molar-refractivity contribution in [1.29, 1.82) is 0 Å². The first-order valence-corrected chi connectivity index (χ1v) is 11.6. The number of carbonyl (C=O) groups excluding carboxylic acids is 2. The molecule has 1 spiro atoms. The van der Waals surface area contributed by atoms with Gasteiger partial charge in [-0.3, -0.25) is 9.59 Å². The van der Waals surface area contributed by atoms with Gasteiger partial charge in [0.05, 0.1) is 25.2 Å². The van der Waals surface area contributed by atoms with Crippen LogP contribution >= 0.6 is 0 Å². The third-order valence-electron chi connectivity index (χ3n) is 9.52. The van der Waals surface area contributed by atoms with Crippen molar-refractivity contribution in [2.24, 2.45) is 33.5 Å². The van der Waals surface area contributed by atoms with Gasteiger partial charge in [-0.25, -0.2) is 0 Å². The van der Waals surface area contributed by atoms with Crippen LogP contribution < -0.4 is 0 Å². The summed E-state index contributed by atoms with van der Waals surface area (Å²) in [5.74, 6) is 1.28. The van der Waals surface area contributed by atoms with Crippen molar-refractivity contribution in [2.45, 2.75) is 78.6 Å². The molecule has 4 fully saturated rings. The number of hydrogen-bond acceptors (Lipinski definition) is 5. The molecule has 1 N–H and O–H groups in total. The number of carbonyl (C=O) groups is 2. The van der Waals surface area contributed by atoms with E-state index in [4.69, 9.17) is 14.6 Å². The van der Waals surface area contributed by atoms with E-state index in [1.54, 1.807) is 0 Å². The van der Waals surface area contributed by atoms with E-state index in [0.717, 1.165) is 57.8 Å². The lowest BCUT2D eigenvalue weighted by Gasteiger charge is -2.63. The van der Waals surface area contributed by atoms with Gasteiger partial charge in [-0.2, -0.15) is 0 Å². The highest BCUT2D eigenvalue weighted by molar-refractivity contribution is 5.88. The van der Waals surface area contributed by atoms with Crippen LogP contribution in [0.5, 0.6) is 0 Å². The molecule has 0 heterocycles. The molecule has 4 aliphatic rings. The van der Waals surface area contributed by atoms with Crippen molar-refractivity contribution in [1.82, 2.24) is 0 Å². The Balaban J connectivity index is 1.52. The van der Waals surface area contributed by atoms with Crippen LogP contribution in [0.2, 0.25) is 0 Å². The number of rotatable bonds is 6. The molecule has 0 aliphatic heterocycles. The Morgan fingerprint density at radius 2 is 1.79 bits per heavy atom. The number of esters is 1. The summed E-state index contributed by atoms with van der Waals surface area (Å²) >= 11 is 0. The van der Waals surface area contributed by atoms with Crippen LogP contribution in [0.25, 0.3) is 0 Å². The second-order valence-electron chi connectivity index (χ2n) is 11.1. The van der Waals surface area contributed by atoms with Crippen LogP contribution in [0.3, 0.4) is 0 Å². The fourth-order valence-electron chi connectivity index (χ4n) is 8.27. The molecular weight excluding hydrogens is 368 g/mol. The third kappa shape index (κ3) is 3.18. The third-order valence-corrected chi connectivity index (χ3v) is 9.52. The van der Waals surface area contributed by atoms with Crippen molar-refractivity contribution < 1.29 is 24.2 Å². The molecule has 4 rings (SSSR count). The summed E-state index contributed by atoms with van der Waals surface area (Å²) in [5, 5.41) is 8.79. The zero-order chi connectivity index (χ0) is 20.9. The van der Waals surface area contributed by atoms with E-state index >= 15 is 0 Å². The first kappa shape index (κ1) is 21.3. The SMILES string of the molecule is CC12CCC[C@@](C)(C(=O)OCCOCCO)[C@H]1CCC13CC(=O)[C@@](C)(CC[C@H]12)C3. The normalized spacial score (nSPS) is 46.1. The Labute approximate surface area is 174 Å². The average Bonchev–Trinajstić information content (AvgIpc) is 2.85. The Kier molecular flexibility index (Phi) is 5.39. The van der Waals surface area contributed by atoms with Crippen LogP contribution in [0.15, 0.2) is 0 Å². The number of aliphatic hydroxyl groups excluding tert-OH is 1. The molecule has 4 aliphatic carbocycles. The Hall–Kier alpha value is -0.940. The zero-order valence-corrected chi connectivity index (χ0v) is 18.4. The molecule has 2 bridgehead atoms. The van der Waals surface area contributed by atoms with Gasteiger partial charge >= 0.3 is 5.97 Å². The van der Waals surface area contributed by atoms with E-state index in [1.165, 1.54) is 0 Å². The smallest absolute Gasteiger partial charge is 0.312 e. The minimum atomic E-state index is -0.449. The second-order valence-corrected chi connectivity index (χ2v) is 11.1. The number of Topliss-reactive ketones (excluding diaryl/α,β-unsaturated/α-hetero) is 1. The first-order chi connectivity index (χ1) is 13.7. The quantitative estimate of drug-likeness (QED) is 0.535. The van der Waals surface area contributed by atoms with E-state index in [2.05, 4.69) is 20.8 Å². The predicted molar refractivity (Wildman–Crippen MR) is 109 cm³/mol. The summed E-state index contributed by atoms with van der Waals surface area (Å²) < 4.78 is 10.9. The molecular formula is C24H38O5. The summed E-state index contributed by atoms with van der Waals surface area (Å²) in [6, 6.07) is 0. The molecule has 0 amide bonds. The molecule has 4 saturated carbocycles. The van der Waals surface area contributed by atoms with Crippen LogP contribution in [-0.4, -0.2) is 43.3 Å². The van der Waals surface area contributed by atoms with Crippen molar-refractivity contribution in [2.75, 3.05) is 26.4 Å². The molecule has 6 atom stereocenters. The van der Waals surface area contributed by atoms with E-state index < -0.39 is 5.41 Å². The number of ketones is 1. The molecule has 0 aromatic carbocycles. The highest BCUT2D eigenvalue weighted by atomic mass is 16.6. The number of ether oxygens (including phenoxy) is 2. The van der Waals surface area contributed by atoms with E-state index in [1.807, 2.05) is 0 Å². The maximum atomic E-state index is 13.2. The molecule has 0 aromatic heterocycles. The first-order valence-electron chi connectivity index (χ1n) is 11.6. The van der Waals surface area contributed by atoms with Crippen molar-refractivity contribution in [3.8, 4) is 0 Å². The fraction of sp³-hybridized carbons (Fsp3) is 0.917. The van der Waals surface area contributed by atoms with E-state index in [-0.39, 0.29) is 42.0 Å². The van der Waals surface area contributed by atoms with Gasteiger partial charge in [0, 0.05) is 11.8 Å². The second kappa shape index (κ2) is 7.33. The standard InChI is InChI=1S/C24H38O5/c1-21-9-5-18-22(2)7-4-8-23(3,20(27)29-14-13-28-12-11-25)17(22)6-10-24(18,16-21)15-19(21)26/h17-18,25H,4-16H2,1-3H3/t17-,18-,21-,22?,23+,24?/m0/s1. The maximum Gasteiger partial charge on any atom is 0.312 e. The van der Waals surface area contributed by atoms with Gasteiger partial charge in [0.2, 0.25) is 0 Å². The summed E-state index contributed by atoms with van der Waals surface area (Å²) in [6.07, 6.45) is 9.20. The van der Waals surface area contributed by atoms with Crippen LogP contribution in [0, 0.1) is 33.5 Å². The molecule has 0 aromatic rings. The van der Waals surface area contributed by atoms with Gasteiger partial charge in [-0.1, -0.05) is 20.3 Å². The maximum absolute atomic E-state index is 13.2. The summed E-state index contributed by atoms with van der Waals surface area (Å²) in [6.45, 7) is 7.57. The molecule has 0 radical (unpaired) electrons. The lowest BCUT2D eigenvalue weighted by atomic mass is 9.40. The molecule has 2 unspecified atom stereocenters. The van der Waals surface area contributed by atoms with Crippen LogP contribution in [0.4, 0.5) is 0 Å². The van der Waals surface area contributed by atoms with E-state index in [9.17, 15) is 9.59 Å². The Morgan fingerprint density at radius 1 is 1.03 bits per heavy atom. The Bertz CT molecular complexity index is 676. The largest absolute Gasteiger partial charge is 0.463 e. The zero-order valence-electron chi connectivity index (χ0n) is 18.4. The minimum absolute atomic E-state index is 0.0171. The van der Waals surface area contributed by atoms with Crippen molar-refractivity contribution in [3.05, 3.63) is 0 Å².